The third-order valence-electron chi connectivity index (χ3n) is 9.30. The summed E-state index contributed by atoms with van der Waals surface area (Å²) in [6, 6.07) is 57.6. The van der Waals surface area contributed by atoms with Gasteiger partial charge in [0.2, 0.25) is 0 Å². The van der Waals surface area contributed by atoms with Gasteiger partial charge in [0.25, 0.3) is 0 Å². The van der Waals surface area contributed by atoms with Crippen molar-refractivity contribution in [3.05, 3.63) is 158 Å². The van der Waals surface area contributed by atoms with Crippen LogP contribution in [0.1, 0.15) is 0 Å². The molecule has 0 radical (unpaired) electrons. The smallest absolute Gasteiger partial charge is 0.0548 e. The van der Waals surface area contributed by atoms with Gasteiger partial charge >= 0.3 is 0 Å². The first-order valence-corrected chi connectivity index (χ1v) is 16.2. The molecule has 45 heavy (non-hydrogen) atoms. The lowest BCUT2D eigenvalue weighted by Crippen LogP contribution is -1.94. The van der Waals surface area contributed by atoms with E-state index in [2.05, 4.69) is 167 Å². The third kappa shape index (κ3) is 3.56. The van der Waals surface area contributed by atoms with E-state index in [-0.39, 0.29) is 0 Å². The zero-order chi connectivity index (χ0) is 29.5. The molecule has 2 nitrogen and oxygen atoms in total. The van der Waals surface area contributed by atoms with Crippen LogP contribution in [0.15, 0.2) is 158 Å². The number of rotatable bonds is 3. The molecule has 0 N–H and O–H groups in total. The molecule has 0 atom stereocenters. The van der Waals surface area contributed by atoms with Gasteiger partial charge in [-0.3, -0.25) is 0 Å². The molecular weight excluding hydrogens is 565 g/mol. The highest BCUT2D eigenvalue weighted by atomic mass is 32.1. The SMILES string of the molecule is c1ccc(-n2c3ccccc3c3c4c5ccc(-c6ccc7sc8ccccc8c7c6)cc5n(-c5ccccc5)c4ccc32)cc1. The maximum atomic E-state index is 2.45. The summed E-state index contributed by atoms with van der Waals surface area (Å²) in [7, 11) is 0. The van der Waals surface area contributed by atoms with Crippen LogP contribution in [0.25, 0.3) is 86.3 Å². The van der Waals surface area contributed by atoms with E-state index in [1.165, 1.54) is 86.3 Å². The van der Waals surface area contributed by atoms with Crippen LogP contribution in [-0.4, -0.2) is 9.13 Å². The summed E-state index contributed by atoms with van der Waals surface area (Å²) in [4.78, 5) is 0. The largest absolute Gasteiger partial charge is 0.309 e. The zero-order valence-electron chi connectivity index (χ0n) is 24.3. The summed E-state index contributed by atoms with van der Waals surface area (Å²) in [5, 5.41) is 7.78. The van der Waals surface area contributed by atoms with E-state index < -0.39 is 0 Å². The average Bonchev–Trinajstić information content (AvgIpc) is 3.76. The molecule has 0 fully saturated rings. The highest BCUT2D eigenvalue weighted by Crippen LogP contribution is 2.43. The first-order chi connectivity index (χ1) is 22.3. The molecule has 0 aliphatic carbocycles. The normalized spacial score (nSPS) is 12.0. The number of fused-ring (bicyclic) bond motifs is 10. The molecule has 0 saturated heterocycles. The minimum Gasteiger partial charge on any atom is -0.309 e. The third-order valence-corrected chi connectivity index (χ3v) is 10.5. The van der Waals surface area contributed by atoms with E-state index >= 15 is 0 Å². The number of nitrogens with zero attached hydrogens (tertiary/aromatic N) is 2. The van der Waals surface area contributed by atoms with Crippen molar-refractivity contribution in [2.45, 2.75) is 0 Å². The molecule has 210 valence electrons. The van der Waals surface area contributed by atoms with Crippen LogP contribution >= 0.6 is 11.3 Å². The number of thiophene rings is 1. The molecule has 0 saturated carbocycles. The van der Waals surface area contributed by atoms with Gasteiger partial charge in [0.05, 0.1) is 22.1 Å². The first kappa shape index (κ1) is 24.8. The summed E-state index contributed by atoms with van der Waals surface area (Å²) in [6.45, 7) is 0. The number of hydrogen-bond donors (Lipinski definition) is 0. The Morgan fingerprint density at radius 2 is 0.867 bits per heavy atom. The maximum Gasteiger partial charge on any atom is 0.0548 e. The molecular formula is C42H26N2S. The van der Waals surface area contributed by atoms with E-state index in [1.54, 1.807) is 0 Å². The molecule has 7 aromatic carbocycles. The fourth-order valence-corrected chi connectivity index (χ4v) is 8.45. The quantitative estimate of drug-likeness (QED) is 0.194. The van der Waals surface area contributed by atoms with Crippen LogP contribution in [0.4, 0.5) is 0 Å². The molecule has 0 unspecified atom stereocenters. The second-order valence-corrected chi connectivity index (χ2v) is 12.8. The topological polar surface area (TPSA) is 9.86 Å². The van der Waals surface area contributed by atoms with Gasteiger partial charge in [0.1, 0.15) is 0 Å². The number of aromatic nitrogens is 2. The average molecular weight is 591 g/mol. The lowest BCUT2D eigenvalue weighted by molar-refractivity contribution is 1.17. The van der Waals surface area contributed by atoms with Crippen LogP contribution in [0.5, 0.6) is 0 Å². The Morgan fingerprint density at radius 3 is 1.60 bits per heavy atom. The predicted molar refractivity (Wildman–Crippen MR) is 193 cm³/mol. The Labute approximate surface area is 263 Å². The lowest BCUT2D eigenvalue weighted by Gasteiger charge is -2.10. The molecule has 3 aromatic heterocycles. The summed E-state index contributed by atoms with van der Waals surface area (Å²) < 4.78 is 7.52. The second kappa shape index (κ2) is 9.43. The molecule has 10 aromatic rings. The van der Waals surface area contributed by atoms with Gasteiger partial charge in [-0.1, -0.05) is 91.0 Å². The van der Waals surface area contributed by atoms with Gasteiger partial charge < -0.3 is 9.13 Å². The molecule has 3 heteroatoms. The van der Waals surface area contributed by atoms with Crippen molar-refractivity contribution < 1.29 is 0 Å². The van der Waals surface area contributed by atoms with Crippen molar-refractivity contribution >= 4 is 75.1 Å². The summed E-state index contributed by atoms with van der Waals surface area (Å²) >= 11 is 1.87. The minimum absolute atomic E-state index is 1.17. The number of para-hydroxylation sites is 3. The summed E-state index contributed by atoms with van der Waals surface area (Å²) in [5.74, 6) is 0. The standard InChI is InChI=1S/C42H26N2S/c1-3-11-29(12-4-1)43-35-17-9-7-16-32(35)41-36(43)22-23-37-42(41)33-21-19-28(26-38(33)44(37)30-13-5-2-6-14-30)27-20-24-40-34(25-27)31-15-8-10-18-39(31)45-40/h1-26H. The van der Waals surface area contributed by atoms with Gasteiger partial charge in [0, 0.05) is 53.1 Å². The van der Waals surface area contributed by atoms with Crippen molar-refractivity contribution in [2.24, 2.45) is 0 Å². The molecule has 0 aliphatic rings. The number of hydrogen-bond acceptors (Lipinski definition) is 1. The van der Waals surface area contributed by atoms with Crippen LogP contribution in [-0.2, 0) is 0 Å². The monoisotopic (exact) mass is 590 g/mol. The highest BCUT2D eigenvalue weighted by Gasteiger charge is 2.21. The van der Waals surface area contributed by atoms with Crippen LogP contribution in [0, 0.1) is 0 Å². The zero-order valence-corrected chi connectivity index (χ0v) is 25.1. The lowest BCUT2D eigenvalue weighted by atomic mass is 10.00. The fourth-order valence-electron chi connectivity index (χ4n) is 7.36. The van der Waals surface area contributed by atoms with E-state index in [9.17, 15) is 0 Å². The molecule has 0 bridgehead atoms. The predicted octanol–water partition coefficient (Wildman–Crippen LogP) is 11.9. The molecule has 0 amide bonds. The molecule has 0 aliphatic heterocycles. The van der Waals surface area contributed by atoms with Gasteiger partial charge in [-0.05, 0) is 77.9 Å². The molecule has 3 heterocycles. The van der Waals surface area contributed by atoms with Crippen molar-refractivity contribution in [2.75, 3.05) is 0 Å². The maximum absolute atomic E-state index is 2.45. The summed E-state index contributed by atoms with van der Waals surface area (Å²) in [5.41, 5.74) is 9.68. The van der Waals surface area contributed by atoms with Crippen molar-refractivity contribution in [3.8, 4) is 22.5 Å². The van der Waals surface area contributed by atoms with Crippen LogP contribution in [0.2, 0.25) is 0 Å². The van der Waals surface area contributed by atoms with E-state index in [1.807, 2.05) is 11.3 Å². The van der Waals surface area contributed by atoms with Crippen LogP contribution < -0.4 is 0 Å². The van der Waals surface area contributed by atoms with Crippen LogP contribution in [0.3, 0.4) is 0 Å². The Kier molecular flexibility index (Phi) is 5.19. The van der Waals surface area contributed by atoms with E-state index in [0.717, 1.165) is 0 Å². The Bertz CT molecular complexity index is 2740. The fraction of sp³-hybridized carbons (Fsp3) is 0. The molecule has 0 spiro atoms. The summed E-state index contributed by atoms with van der Waals surface area (Å²) in [6.07, 6.45) is 0. The van der Waals surface area contributed by atoms with Gasteiger partial charge in [-0.2, -0.15) is 0 Å². The minimum atomic E-state index is 1.17. The Morgan fingerprint density at radius 1 is 0.333 bits per heavy atom. The van der Waals surface area contributed by atoms with Crippen molar-refractivity contribution in [1.82, 2.24) is 9.13 Å². The van der Waals surface area contributed by atoms with Crippen molar-refractivity contribution in [3.63, 3.8) is 0 Å². The van der Waals surface area contributed by atoms with Gasteiger partial charge in [-0.25, -0.2) is 0 Å². The first-order valence-electron chi connectivity index (χ1n) is 15.4. The highest BCUT2D eigenvalue weighted by molar-refractivity contribution is 7.25. The Balaban J connectivity index is 1.31. The molecule has 10 rings (SSSR count). The number of benzene rings is 7. The van der Waals surface area contributed by atoms with E-state index in [4.69, 9.17) is 0 Å². The second-order valence-electron chi connectivity index (χ2n) is 11.8. The van der Waals surface area contributed by atoms with E-state index in [0.29, 0.717) is 0 Å². The van der Waals surface area contributed by atoms with Gasteiger partial charge in [0.15, 0.2) is 0 Å². The van der Waals surface area contributed by atoms with Gasteiger partial charge in [-0.15, -0.1) is 11.3 Å². The van der Waals surface area contributed by atoms with Crippen molar-refractivity contribution in [1.29, 1.82) is 0 Å². The Hall–Kier alpha value is -5.64.